The largest absolute Gasteiger partial charge is 0.494 e. The lowest BCUT2D eigenvalue weighted by Gasteiger charge is -2.05. The summed E-state index contributed by atoms with van der Waals surface area (Å²) >= 11 is 4.15. The second-order valence-electron chi connectivity index (χ2n) is 3.44. The molecule has 0 N–H and O–H groups in total. The van der Waals surface area contributed by atoms with Crippen LogP contribution in [0.25, 0.3) is 0 Å². The van der Waals surface area contributed by atoms with Gasteiger partial charge in [-0.2, -0.15) is 12.6 Å². The van der Waals surface area contributed by atoms with Crippen molar-refractivity contribution in [3.8, 4) is 5.75 Å². The average molecular weight is 228 g/mol. The zero-order valence-electron chi connectivity index (χ0n) is 8.79. The van der Waals surface area contributed by atoms with E-state index < -0.39 is 0 Å². The molecule has 0 aliphatic carbocycles. The number of benzene rings is 1. The molecule has 15 heavy (non-hydrogen) atoms. The summed E-state index contributed by atoms with van der Waals surface area (Å²) in [5, 5.41) is 0. The number of thiol groups is 1. The molecule has 0 unspecified atom stereocenters. The summed E-state index contributed by atoms with van der Waals surface area (Å²) in [5.74, 6) is 1.47. The zero-order valence-corrected chi connectivity index (χ0v) is 9.68. The predicted molar refractivity (Wildman–Crippen MR) is 64.2 cm³/mol. The molecule has 0 spiro atoms. The van der Waals surface area contributed by atoms with Crippen LogP contribution in [0.4, 0.5) is 4.39 Å². The fourth-order valence-corrected chi connectivity index (χ4v) is 1.51. The van der Waals surface area contributed by atoms with Gasteiger partial charge in [0.05, 0.1) is 6.61 Å². The van der Waals surface area contributed by atoms with Gasteiger partial charge in [0.2, 0.25) is 0 Å². The Morgan fingerprint density at radius 1 is 1.00 bits per heavy atom. The van der Waals surface area contributed by atoms with Crippen LogP contribution in [0.1, 0.15) is 25.7 Å². The monoisotopic (exact) mass is 228 g/mol. The van der Waals surface area contributed by atoms with Crippen LogP contribution in [0.3, 0.4) is 0 Å². The number of ether oxygens (including phenoxy) is 1. The quantitative estimate of drug-likeness (QED) is 0.553. The van der Waals surface area contributed by atoms with Gasteiger partial charge in [0.25, 0.3) is 0 Å². The summed E-state index contributed by atoms with van der Waals surface area (Å²) in [6.45, 7) is 0.707. The minimum absolute atomic E-state index is 0.226. The van der Waals surface area contributed by atoms with E-state index in [-0.39, 0.29) is 5.82 Å². The third kappa shape index (κ3) is 5.67. The Labute approximate surface area is 96.1 Å². The highest BCUT2D eigenvalue weighted by Gasteiger charge is 1.94. The molecule has 0 aliphatic rings. The Morgan fingerprint density at radius 2 is 1.67 bits per heavy atom. The number of rotatable bonds is 7. The van der Waals surface area contributed by atoms with Crippen molar-refractivity contribution in [3.05, 3.63) is 30.1 Å². The van der Waals surface area contributed by atoms with Crippen LogP contribution >= 0.6 is 12.6 Å². The Balaban J connectivity index is 2.07. The maximum atomic E-state index is 12.6. The van der Waals surface area contributed by atoms with E-state index in [1.165, 1.54) is 31.4 Å². The highest BCUT2D eigenvalue weighted by molar-refractivity contribution is 7.80. The molecule has 0 radical (unpaired) electrons. The second kappa shape index (κ2) is 7.57. The molecule has 3 heteroatoms. The highest BCUT2D eigenvalue weighted by Crippen LogP contribution is 2.11. The first-order valence-corrected chi connectivity index (χ1v) is 5.95. The molecule has 0 atom stereocenters. The van der Waals surface area contributed by atoms with Gasteiger partial charge in [0, 0.05) is 0 Å². The molecule has 1 aromatic carbocycles. The van der Waals surface area contributed by atoms with Crippen LogP contribution in [0.5, 0.6) is 5.75 Å². The minimum Gasteiger partial charge on any atom is -0.494 e. The van der Waals surface area contributed by atoms with E-state index in [0.717, 1.165) is 17.9 Å². The average Bonchev–Trinajstić information content (AvgIpc) is 2.26. The molecule has 1 aromatic rings. The highest BCUT2D eigenvalue weighted by atomic mass is 32.1. The Bertz CT molecular complexity index is 261. The van der Waals surface area contributed by atoms with E-state index in [1.807, 2.05) is 0 Å². The molecule has 0 fully saturated rings. The van der Waals surface area contributed by atoms with Crippen LogP contribution < -0.4 is 4.74 Å². The molecule has 84 valence electrons. The fraction of sp³-hybridized carbons (Fsp3) is 0.500. The number of hydrogen-bond acceptors (Lipinski definition) is 2. The maximum Gasteiger partial charge on any atom is 0.123 e. The van der Waals surface area contributed by atoms with E-state index in [0.29, 0.717) is 6.61 Å². The van der Waals surface area contributed by atoms with Crippen molar-refractivity contribution in [1.29, 1.82) is 0 Å². The van der Waals surface area contributed by atoms with Crippen LogP contribution in [-0.2, 0) is 0 Å². The first kappa shape index (κ1) is 12.4. The lowest BCUT2D eigenvalue weighted by molar-refractivity contribution is 0.304. The summed E-state index contributed by atoms with van der Waals surface area (Å²) in [7, 11) is 0. The molecule has 0 amide bonds. The van der Waals surface area contributed by atoms with Gasteiger partial charge in [0.1, 0.15) is 11.6 Å². The topological polar surface area (TPSA) is 9.23 Å². The number of unbranched alkanes of at least 4 members (excludes halogenated alkanes) is 3. The third-order valence-electron chi connectivity index (χ3n) is 2.13. The number of halogens is 1. The summed E-state index contributed by atoms with van der Waals surface area (Å²) in [5.41, 5.74) is 0. The van der Waals surface area contributed by atoms with Crippen LogP contribution in [-0.4, -0.2) is 12.4 Å². The van der Waals surface area contributed by atoms with E-state index in [4.69, 9.17) is 4.74 Å². The lowest BCUT2D eigenvalue weighted by atomic mass is 10.2. The molecule has 0 aromatic heterocycles. The smallest absolute Gasteiger partial charge is 0.123 e. The van der Waals surface area contributed by atoms with Gasteiger partial charge in [-0.25, -0.2) is 4.39 Å². The van der Waals surface area contributed by atoms with E-state index >= 15 is 0 Å². The SMILES string of the molecule is Fc1ccc(OCCCCCCS)cc1. The Hall–Kier alpha value is -0.700. The molecule has 0 aliphatic heterocycles. The van der Waals surface area contributed by atoms with Gasteiger partial charge in [0.15, 0.2) is 0 Å². The van der Waals surface area contributed by atoms with Gasteiger partial charge in [-0.05, 0) is 42.9 Å². The molecular weight excluding hydrogens is 211 g/mol. The molecule has 0 bridgehead atoms. The van der Waals surface area contributed by atoms with Crippen molar-refractivity contribution in [2.45, 2.75) is 25.7 Å². The number of hydrogen-bond donors (Lipinski definition) is 1. The fourth-order valence-electron chi connectivity index (χ4n) is 1.29. The summed E-state index contributed by atoms with van der Waals surface area (Å²) in [6, 6.07) is 6.14. The van der Waals surface area contributed by atoms with Crippen molar-refractivity contribution in [2.24, 2.45) is 0 Å². The predicted octanol–water partition coefficient (Wildman–Crippen LogP) is 3.69. The van der Waals surface area contributed by atoms with Crippen molar-refractivity contribution >= 4 is 12.6 Å². The summed E-state index contributed by atoms with van der Waals surface area (Å²) in [6.07, 6.45) is 4.59. The van der Waals surface area contributed by atoms with Gasteiger partial charge in [-0.1, -0.05) is 12.8 Å². The molecule has 1 nitrogen and oxygen atoms in total. The molecular formula is C12H17FOS. The molecule has 0 heterocycles. The van der Waals surface area contributed by atoms with E-state index in [9.17, 15) is 4.39 Å². The standard InChI is InChI=1S/C12H17FOS/c13-11-5-7-12(8-6-11)14-9-3-1-2-4-10-15/h5-8,15H,1-4,9-10H2. The van der Waals surface area contributed by atoms with Gasteiger partial charge < -0.3 is 4.74 Å². The van der Waals surface area contributed by atoms with Crippen molar-refractivity contribution in [2.75, 3.05) is 12.4 Å². The normalized spacial score (nSPS) is 10.3. The molecule has 1 rings (SSSR count). The van der Waals surface area contributed by atoms with E-state index in [1.54, 1.807) is 12.1 Å². The van der Waals surface area contributed by atoms with Gasteiger partial charge >= 0.3 is 0 Å². The van der Waals surface area contributed by atoms with Gasteiger partial charge in [-0.3, -0.25) is 0 Å². The second-order valence-corrected chi connectivity index (χ2v) is 3.89. The lowest BCUT2D eigenvalue weighted by Crippen LogP contribution is -1.97. The van der Waals surface area contributed by atoms with Crippen LogP contribution in [0.2, 0.25) is 0 Å². The first-order valence-electron chi connectivity index (χ1n) is 5.32. The van der Waals surface area contributed by atoms with Crippen LogP contribution in [0.15, 0.2) is 24.3 Å². The van der Waals surface area contributed by atoms with Gasteiger partial charge in [-0.15, -0.1) is 0 Å². The first-order chi connectivity index (χ1) is 7.33. The van der Waals surface area contributed by atoms with Crippen molar-refractivity contribution < 1.29 is 9.13 Å². The Morgan fingerprint density at radius 3 is 2.33 bits per heavy atom. The zero-order chi connectivity index (χ0) is 10.9. The molecule has 0 saturated carbocycles. The maximum absolute atomic E-state index is 12.6. The van der Waals surface area contributed by atoms with E-state index in [2.05, 4.69) is 12.6 Å². The Kier molecular flexibility index (Phi) is 6.25. The summed E-state index contributed by atoms with van der Waals surface area (Å²) in [4.78, 5) is 0. The van der Waals surface area contributed by atoms with Crippen molar-refractivity contribution in [1.82, 2.24) is 0 Å². The van der Waals surface area contributed by atoms with Crippen LogP contribution in [0, 0.1) is 5.82 Å². The van der Waals surface area contributed by atoms with Crippen molar-refractivity contribution in [3.63, 3.8) is 0 Å². The third-order valence-corrected chi connectivity index (χ3v) is 2.45. The minimum atomic E-state index is -0.226. The summed E-state index contributed by atoms with van der Waals surface area (Å²) < 4.78 is 18.0. The molecule has 0 saturated heterocycles.